The normalized spacial score (nSPS) is 10.5. The summed E-state index contributed by atoms with van der Waals surface area (Å²) < 4.78 is 0. The van der Waals surface area contributed by atoms with Gasteiger partial charge in [-0.05, 0) is 25.5 Å². The summed E-state index contributed by atoms with van der Waals surface area (Å²) in [5, 5.41) is 10.0. The number of carbonyl (C=O) groups is 1. The lowest BCUT2D eigenvalue weighted by Crippen LogP contribution is -2.15. The van der Waals surface area contributed by atoms with Gasteiger partial charge in [-0.25, -0.2) is 9.78 Å². The van der Waals surface area contributed by atoms with Crippen LogP contribution in [0.4, 0.5) is 10.8 Å². The van der Waals surface area contributed by atoms with Crippen LogP contribution < -0.4 is 4.90 Å². The van der Waals surface area contributed by atoms with E-state index in [0.29, 0.717) is 17.0 Å². The van der Waals surface area contributed by atoms with Crippen LogP contribution in [0.3, 0.4) is 0 Å². The fourth-order valence-corrected chi connectivity index (χ4v) is 3.10. The van der Waals surface area contributed by atoms with E-state index >= 15 is 0 Å². The molecule has 5 heteroatoms. The van der Waals surface area contributed by atoms with E-state index in [2.05, 4.69) is 4.98 Å². The molecule has 0 amide bonds. The van der Waals surface area contributed by atoms with Gasteiger partial charge in [-0.1, -0.05) is 42.9 Å². The van der Waals surface area contributed by atoms with E-state index in [4.69, 9.17) is 0 Å². The van der Waals surface area contributed by atoms with E-state index in [1.807, 2.05) is 49.1 Å². The lowest BCUT2D eigenvalue weighted by atomic mass is 10.2. The lowest BCUT2D eigenvalue weighted by Gasteiger charge is -2.19. The Hall–Kier alpha value is -1.88. The van der Waals surface area contributed by atoms with Gasteiger partial charge >= 0.3 is 5.97 Å². The number of anilines is 2. The Kier molecular flexibility index (Phi) is 4.74. The Labute approximate surface area is 122 Å². The Balaban J connectivity index is 2.40. The molecule has 0 radical (unpaired) electrons. The average molecular weight is 290 g/mol. The maximum absolute atomic E-state index is 11.3. The van der Waals surface area contributed by atoms with Crippen molar-refractivity contribution < 1.29 is 9.90 Å². The summed E-state index contributed by atoms with van der Waals surface area (Å²) in [4.78, 5) is 18.2. The SMILES string of the molecule is CCCc1nc(N(CC)c2ccccc2)sc1C(=O)O. The second-order valence-electron chi connectivity index (χ2n) is 4.41. The molecule has 0 unspecified atom stereocenters. The molecule has 1 aromatic carbocycles. The van der Waals surface area contributed by atoms with Gasteiger partial charge in [0.25, 0.3) is 0 Å². The highest BCUT2D eigenvalue weighted by Gasteiger charge is 2.20. The predicted molar refractivity (Wildman–Crippen MR) is 82.2 cm³/mol. The molecule has 0 saturated heterocycles. The number of hydrogen-bond donors (Lipinski definition) is 1. The van der Waals surface area contributed by atoms with Crippen molar-refractivity contribution >= 4 is 28.1 Å². The molecule has 4 nitrogen and oxygen atoms in total. The van der Waals surface area contributed by atoms with Crippen molar-refractivity contribution in [1.82, 2.24) is 4.98 Å². The number of aryl methyl sites for hydroxylation is 1. The van der Waals surface area contributed by atoms with Crippen LogP contribution in [0.2, 0.25) is 0 Å². The van der Waals surface area contributed by atoms with Gasteiger partial charge in [-0.2, -0.15) is 0 Å². The Morgan fingerprint density at radius 2 is 2.00 bits per heavy atom. The van der Waals surface area contributed by atoms with E-state index < -0.39 is 5.97 Å². The highest BCUT2D eigenvalue weighted by atomic mass is 32.1. The van der Waals surface area contributed by atoms with Crippen LogP contribution >= 0.6 is 11.3 Å². The van der Waals surface area contributed by atoms with Crippen LogP contribution in [0.25, 0.3) is 0 Å². The molecule has 0 aliphatic rings. The van der Waals surface area contributed by atoms with Crippen molar-refractivity contribution in [3.05, 3.63) is 40.9 Å². The molecule has 2 rings (SSSR count). The molecule has 20 heavy (non-hydrogen) atoms. The number of carboxylic acids is 1. The number of carboxylic acid groups (broad SMARTS) is 1. The van der Waals surface area contributed by atoms with Crippen LogP contribution in [0.15, 0.2) is 30.3 Å². The van der Waals surface area contributed by atoms with E-state index in [-0.39, 0.29) is 0 Å². The average Bonchev–Trinajstić information content (AvgIpc) is 2.85. The first kappa shape index (κ1) is 14.5. The number of thiazole rings is 1. The molecule has 0 bridgehead atoms. The molecule has 0 aliphatic heterocycles. The molecule has 0 spiro atoms. The lowest BCUT2D eigenvalue weighted by molar-refractivity contribution is 0.0700. The highest BCUT2D eigenvalue weighted by molar-refractivity contribution is 7.17. The summed E-state index contributed by atoms with van der Waals surface area (Å²) in [6.07, 6.45) is 1.59. The second-order valence-corrected chi connectivity index (χ2v) is 5.38. The van der Waals surface area contributed by atoms with Crippen molar-refractivity contribution in [2.75, 3.05) is 11.4 Å². The van der Waals surface area contributed by atoms with Crippen LogP contribution in [0.1, 0.15) is 35.6 Å². The zero-order chi connectivity index (χ0) is 14.5. The van der Waals surface area contributed by atoms with E-state index in [0.717, 1.165) is 23.8 Å². The summed E-state index contributed by atoms with van der Waals surface area (Å²) in [6.45, 7) is 4.82. The fraction of sp³-hybridized carbons (Fsp3) is 0.333. The minimum absolute atomic E-state index is 0.358. The van der Waals surface area contributed by atoms with Gasteiger partial charge in [0.05, 0.1) is 5.69 Å². The highest BCUT2D eigenvalue weighted by Crippen LogP contribution is 2.32. The second kappa shape index (κ2) is 6.52. The first-order chi connectivity index (χ1) is 9.67. The van der Waals surface area contributed by atoms with Gasteiger partial charge in [0.1, 0.15) is 4.88 Å². The molecule has 0 atom stereocenters. The fourth-order valence-electron chi connectivity index (χ4n) is 2.06. The number of rotatable bonds is 6. The van der Waals surface area contributed by atoms with Gasteiger partial charge < -0.3 is 10.0 Å². The van der Waals surface area contributed by atoms with Crippen LogP contribution in [-0.2, 0) is 6.42 Å². The number of aromatic nitrogens is 1. The van der Waals surface area contributed by atoms with E-state index in [9.17, 15) is 9.90 Å². The quantitative estimate of drug-likeness (QED) is 0.875. The van der Waals surface area contributed by atoms with Crippen molar-refractivity contribution in [2.24, 2.45) is 0 Å². The predicted octanol–water partition coefficient (Wildman–Crippen LogP) is 3.95. The van der Waals surface area contributed by atoms with Crippen molar-refractivity contribution in [3.63, 3.8) is 0 Å². The van der Waals surface area contributed by atoms with E-state index in [1.54, 1.807) is 0 Å². The molecule has 2 aromatic rings. The number of para-hydroxylation sites is 1. The summed E-state index contributed by atoms with van der Waals surface area (Å²) in [7, 11) is 0. The number of nitrogens with zero attached hydrogens (tertiary/aromatic N) is 2. The summed E-state index contributed by atoms with van der Waals surface area (Å²) in [6, 6.07) is 9.91. The van der Waals surface area contributed by atoms with Gasteiger partial charge in [0.2, 0.25) is 0 Å². The zero-order valence-corrected chi connectivity index (χ0v) is 12.5. The van der Waals surface area contributed by atoms with E-state index in [1.165, 1.54) is 11.3 Å². The van der Waals surface area contributed by atoms with Gasteiger partial charge in [-0.15, -0.1) is 0 Å². The first-order valence-electron chi connectivity index (χ1n) is 6.73. The smallest absolute Gasteiger partial charge is 0.347 e. The molecule has 1 aromatic heterocycles. The number of hydrogen-bond acceptors (Lipinski definition) is 4. The van der Waals surface area contributed by atoms with Gasteiger partial charge in [-0.3, -0.25) is 0 Å². The summed E-state index contributed by atoms with van der Waals surface area (Å²) >= 11 is 1.25. The molecule has 0 fully saturated rings. The van der Waals surface area contributed by atoms with Crippen molar-refractivity contribution in [2.45, 2.75) is 26.7 Å². The molecule has 1 N–H and O–H groups in total. The standard InChI is InChI=1S/C15H18N2O2S/c1-3-8-12-13(14(18)19)20-15(16-12)17(4-2)11-9-6-5-7-10-11/h5-7,9-10H,3-4,8H2,1-2H3,(H,18,19). The minimum Gasteiger partial charge on any atom is -0.477 e. The first-order valence-corrected chi connectivity index (χ1v) is 7.54. The molecule has 0 saturated carbocycles. The van der Waals surface area contributed by atoms with Crippen molar-refractivity contribution in [1.29, 1.82) is 0 Å². The molecule has 106 valence electrons. The van der Waals surface area contributed by atoms with Gasteiger partial charge in [0.15, 0.2) is 5.13 Å². The maximum atomic E-state index is 11.3. The van der Waals surface area contributed by atoms with Crippen LogP contribution in [0.5, 0.6) is 0 Å². The molecular weight excluding hydrogens is 272 g/mol. The third kappa shape index (κ3) is 2.99. The molecular formula is C15H18N2O2S. The molecule has 0 aliphatic carbocycles. The topological polar surface area (TPSA) is 53.4 Å². The van der Waals surface area contributed by atoms with Crippen molar-refractivity contribution in [3.8, 4) is 0 Å². The third-order valence-corrected chi connectivity index (χ3v) is 4.09. The number of benzene rings is 1. The van der Waals surface area contributed by atoms with Gasteiger partial charge in [0, 0.05) is 12.2 Å². The third-order valence-electron chi connectivity index (χ3n) is 2.98. The Morgan fingerprint density at radius 1 is 1.30 bits per heavy atom. The summed E-state index contributed by atoms with van der Waals surface area (Å²) in [5.41, 5.74) is 1.72. The summed E-state index contributed by atoms with van der Waals surface area (Å²) in [5.74, 6) is -0.888. The largest absolute Gasteiger partial charge is 0.477 e. The number of aromatic carboxylic acids is 1. The van der Waals surface area contributed by atoms with Crippen LogP contribution in [0, 0.1) is 0 Å². The maximum Gasteiger partial charge on any atom is 0.347 e. The zero-order valence-electron chi connectivity index (χ0n) is 11.7. The minimum atomic E-state index is -0.888. The Morgan fingerprint density at radius 3 is 2.55 bits per heavy atom. The Bertz CT molecular complexity index is 581. The monoisotopic (exact) mass is 290 g/mol. The van der Waals surface area contributed by atoms with Crippen LogP contribution in [-0.4, -0.2) is 22.6 Å². The molecule has 1 heterocycles.